The Balaban J connectivity index is 2.38. The molecular weight excluding hydrogens is 316 g/mol. The Morgan fingerprint density at radius 2 is 1.81 bits per heavy atom. The second-order valence-electron chi connectivity index (χ2n) is 4.30. The highest BCUT2D eigenvalue weighted by molar-refractivity contribution is 7.92. The molecule has 0 aromatic heterocycles. The Labute approximate surface area is 118 Å². The molecule has 1 heterocycles. The van der Waals surface area contributed by atoms with Crippen LogP contribution in [-0.4, -0.2) is 45.2 Å². The van der Waals surface area contributed by atoms with Crippen molar-refractivity contribution in [1.29, 1.82) is 0 Å². The minimum absolute atomic E-state index is 0.323. The fourth-order valence-corrected chi connectivity index (χ4v) is 2.70. The van der Waals surface area contributed by atoms with Crippen molar-refractivity contribution >= 4 is 15.5 Å². The molecular formula is C11H12F4N2O3S. The van der Waals surface area contributed by atoms with E-state index in [0.29, 0.717) is 32.4 Å². The quantitative estimate of drug-likeness (QED) is 0.857. The lowest BCUT2D eigenvalue weighted by atomic mass is 10.3. The van der Waals surface area contributed by atoms with Gasteiger partial charge in [0, 0.05) is 13.1 Å². The van der Waals surface area contributed by atoms with Crippen LogP contribution >= 0.6 is 0 Å². The zero-order valence-electron chi connectivity index (χ0n) is 10.7. The van der Waals surface area contributed by atoms with Gasteiger partial charge in [0.15, 0.2) is 0 Å². The van der Waals surface area contributed by atoms with Gasteiger partial charge in [-0.15, -0.1) is 0 Å². The first-order valence-electron chi connectivity index (χ1n) is 5.92. The van der Waals surface area contributed by atoms with Crippen LogP contribution in [0.5, 0.6) is 0 Å². The van der Waals surface area contributed by atoms with E-state index in [4.69, 9.17) is 4.74 Å². The number of ether oxygens (including phenoxy) is 1. The molecule has 21 heavy (non-hydrogen) atoms. The number of alkyl halides is 3. The van der Waals surface area contributed by atoms with E-state index < -0.39 is 26.1 Å². The lowest BCUT2D eigenvalue weighted by molar-refractivity contribution is -0.0436. The second kappa shape index (κ2) is 5.78. The van der Waals surface area contributed by atoms with Crippen molar-refractivity contribution in [2.24, 2.45) is 0 Å². The van der Waals surface area contributed by atoms with Crippen LogP contribution in [0.25, 0.3) is 0 Å². The fourth-order valence-electron chi connectivity index (χ4n) is 1.78. The molecule has 118 valence electrons. The van der Waals surface area contributed by atoms with E-state index >= 15 is 0 Å². The van der Waals surface area contributed by atoms with Crippen molar-refractivity contribution in [3.8, 4) is 0 Å². The van der Waals surface area contributed by atoms with E-state index in [-0.39, 0.29) is 5.69 Å². The molecule has 1 aliphatic heterocycles. The van der Waals surface area contributed by atoms with Crippen LogP contribution in [0.1, 0.15) is 0 Å². The molecule has 0 amide bonds. The van der Waals surface area contributed by atoms with E-state index in [1.54, 1.807) is 0 Å². The van der Waals surface area contributed by atoms with Crippen LogP contribution in [0, 0.1) is 5.82 Å². The van der Waals surface area contributed by atoms with Gasteiger partial charge in [0.25, 0.3) is 9.84 Å². The number of nitrogens with one attached hydrogen (secondary N) is 1. The zero-order valence-corrected chi connectivity index (χ0v) is 11.5. The summed E-state index contributed by atoms with van der Waals surface area (Å²) in [6.45, 7) is 1.44. The molecule has 2 rings (SSSR count). The van der Waals surface area contributed by atoms with Gasteiger partial charge in [-0.05, 0) is 18.2 Å². The number of halogens is 4. The highest BCUT2D eigenvalue weighted by atomic mass is 32.2. The molecule has 1 aromatic carbocycles. The van der Waals surface area contributed by atoms with Gasteiger partial charge in [0.05, 0.1) is 18.9 Å². The molecule has 0 radical (unpaired) electrons. The standard InChI is InChI=1S/C11H12F4N2O3S/c12-8-1-2-9(16-17-3-5-20-6-4-17)10(7-8)21(18,19)11(13,14)15/h1-2,7,16H,3-6H2. The molecule has 0 spiro atoms. The number of nitrogens with zero attached hydrogens (tertiary/aromatic N) is 1. The average molecular weight is 328 g/mol. The van der Waals surface area contributed by atoms with Crippen LogP contribution < -0.4 is 5.43 Å². The minimum Gasteiger partial charge on any atom is -0.379 e. The van der Waals surface area contributed by atoms with Gasteiger partial charge in [-0.3, -0.25) is 0 Å². The molecule has 1 saturated heterocycles. The summed E-state index contributed by atoms with van der Waals surface area (Å²) in [6, 6.07) is 2.20. The van der Waals surface area contributed by atoms with Gasteiger partial charge < -0.3 is 10.2 Å². The van der Waals surface area contributed by atoms with Crippen LogP contribution in [-0.2, 0) is 14.6 Å². The van der Waals surface area contributed by atoms with E-state index in [1.807, 2.05) is 0 Å². The highest BCUT2D eigenvalue weighted by Gasteiger charge is 2.48. The first kappa shape index (κ1) is 16.0. The maximum Gasteiger partial charge on any atom is 0.501 e. The highest BCUT2D eigenvalue weighted by Crippen LogP contribution is 2.35. The Kier molecular flexibility index (Phi) is 4.40. The smallest absolute Gasteiger partial charge is 0.379 e. The first-order chi connectivity index (χ1) is 9.72. The summed E-state index contributed by atoms with van der Waals surface area (Å²) in [4.78, 5) is -1.14. The number of sulfone groups is 1. The summed E-state index contributed by atoms with van der Waals surface area (Å²) < 4.78 is 79.1. The Morgan fingerprint density at radius 3 is 2.38 bits per heavy atom. The Morgan fingerprint density at radius 1 is 1.19 bits per heavy atom. The van der Waals surface area contributed by atoms with E-state index in [9.17, 15) is 26.0 Å². The Bertz CT molecular complexity index is 612. The molecule has 1 aliphatic rings. The molecule has 0 saturated carbocycles. The SMILES string of the molecule is O=S(=O)(c1cc(F)ccc1NN1CCOCC1)C(F)(F)F. The topological polar surface area (TPSA) is 58.6 Å². The summed E-state index contributed by atoms with van der Waals surface area (Å²) in [5.41, 5.74) is -3.26. The normalized spacial score (nSPS) is 17.7. The second-order valence-corrected chi connectivity index (χ2v) is 6.21. The van der Waals surface area contributed by atoms with Gasteiger partial charge in [-0.2, -0.15) is 13.2 Å². The maximum atomic E-state index is 13.2. The van der Waals surface area contributed by atoms with Gasteiger partial charge in [-0.25, -0.2) is 17.8 Å². The summed E-state index contributed by atoms with van der Waals surface area (Å²) >= 11 is 0. The van der Waals surface area contributed by atoms with Crippen molar-refractivity contribution in [2.45, 2.75) is 10.4 Å². The zero-order chi connectivity index (χ0) is 15.7. The number of rotatable bonds is 3. The molecule has 0 atom stereocenters. The average Bonchev–Trinajstić information content (AvgIpc) is 2.40. The van der Waals surface area contributed by atoms with Crippen LogP contribution in [0.4, 0.5) is 23.2 Å². The minimum atomic E-state index is -5.64. The molecule has 5 nitrogen and oxygen atoms in total. The largest absolute Gasteiger partial charge is 0.501 e. The lowest BCUT2D eigenvalue weighted by Gasteiger charge is -2.28. The van der Waals surface area contributed by atoms with Crippen molar-refractivity contribution in [3.63, 3.8) is 0 Å². The molecule has 0 aliphatic carbocycles. The molecule has 1 aromatic rings. The number of hydrazine groups is 1. The van der Waals surface area contributed by atoms with E-state index in [0.717, 1.165) is 12.1 Å². The lowest BCUT2D eigenvalue weighted by Crippen LogP contribution is -2.40. The molecule has 0 bridgehead atoms. The summed E-state index contributed by atoms with van der Waals surface area (Å²) in [7, 11) is -5.64. The predicted molar refractivity (Wildman–Crippen MR) is 65.7 cm³/mol. The van der Waals surface area contributed by atoms with Crippen molar-refractivity contribution in [2.75, 3.05) is 31.7 Å². The van der Waals surface area contributed by atoms with Gasteiger partial charge in [-0.1, -0.05) is 0 Å². The third-order valence-corrected chi connectivity index (χ3v) is 4.35. The maximum absolute atomic E-state index is 13.2. The summed E-state index contributed by atoms with van der Waals surface area (Å²) in [6.07, 6.45) is 0. The number of anilines is 1. The fraction of sp³-hybridized carbons (Fsp3) is 0.455. The number of benzene rings is 1. The van der Waals surface area contributed by atoms with Gasteiger partial charge in [0.2, 0.25) is 0 Å². The first-order valence-corrected chi connectivity index (χ1v) is 7.40. The molecule has 0 unspecified atom stereocenters. The van der Waals surface area contributed by atoms with Gasteiger partial charge >= 0.3 is 5.51 Å². The van der Waals surface area contributed by atoms with Crippen LogP contribution in [0.2, 0.25) is 0 Å². The van der Waals surface area contributed by atoms with E-state index in [2.05, 4.69) is 5.43 Å². The molecule has 1 fully saturated rings. The van der Waals surface area contributed by atoms with Crippen molar-refractivity contribution < 1.29 is 30.7 Å². The van der Waals surface area contributed by atoms with Gasteiger partial charge in [0.1, 0.15) is 10.7 Å². The summed E-state index contributed by atoms with van der Waals surface area (Å²) in [5, 5.41) is 1.51. The number of hydrogen-bond acceptors (Lipinski definition) is 5. The van der Waals surface area contributed by atoms with Crippen molar-refractivity contribution in [1.82, 2.24) is 5.01 Å². The third kappa shape index (κ3) is 3.44. The molecule has 1 N–H and O–H groups in total. The Hall–Kier alpha value is -1.39. The number of hydrogen-bond donors (Lipinski definition) is 1. The monoisotopic (exact) mass is 328 g/mol. The third-order valence-electron chi connectivity index (χ3n) is 2.83. The molecule has 10 heteroatoms. The number of morpholine rings is 1. The van der Waals surface area contributed by atoms with E-state index in [1.165, 1.54) is 5.01 Å². The van der Waals surface area contributed by atoms with Crippen LogP contribution in [0.3, 0.4) is 0 Å². The van der Waals surface area contributed by atoms with Crippen molar-refractivity contribution in [3.05, 3.63) is 24.0 Å². The summed E-state index contributed by atoms with van der Waals surface area (Å²) in [5.74, 6) is -1.06. The predicted octanol–water partition coefficient (Wildman–Crippen LogP) is 1.78. The van der Waals surface area contributed by atoms with Crippen LogP contribution in [0.15, 0.2) is 23.1 Å².